The molecule has 0 radical (unpaired) electrons. The fraction of sp³-hybridized carbons (Fsp3) is 0.440. The van der Waals surface area contributed by atoms with Gasteiger partial charge in [0.15, 0.2) is 0 Å². The first-order chi connectivity index (χ1) is 37.1. The van der Waals surface area contributed by atoms with E-state index in [1.807, 2.05) is 0 Å². The summed E-state index contributed by atoms with van der Waals surface area (Å²) in [7, 11) is 0. The molecular weight excluding hydrogens is 954 g/mol. The van der Waals surface area contributed by atoms with Crippen molar-refractivity contribution >= 4 is 68.6 Å². The number of anilines is 8. The Morgan fingerprint density at radius 2 is 1.04 bits per heavy atom. The average Bonchev–Trinajstić information content (AvgIpc) is 3.90. The first-order valence-corrected chi connectivity index (χ1v) is 30.4. The van der Waals surface area contributed by atoms with Crippen LogP contribution in [0.1, 0.15) is 199 Å². The van der Waals surface area contributed by atoms with Gasteiger partial charge in [0.05, 0.1) is 11.2 Å². The van der Waals surface area contributed by atoms with E-state index in [0.29, 0.717) is 5.92 Å². The molecule has 0 spiro atoms. The van der Waals surface area contributed by atoms with Gasteiger partial charge in [-0.05, 0) is 231 Å². The van der Waals surface area contributed by atoms with Crippen LogP contribution in [-0.4, -0.2) is 12.3 Å². The highest BCUT2D eigenvalue weighted by Crippen LogP contribution is 2.66. The zero-order valence-corrected chi connectivity index (χ0v) is 51.0. The van der Waals surface area contributed by atoms with E-state index in [-0.39, 0.29) is 50.2 Å². The van der Waals surface area contributed by atoms with Crippen molar-refractivity contribution in [3.8, 4) is 11.1 Å². The molecule has 1 fully saturated rings. The minimum atomic E-state index is -0.151. The van der Waals surface area contributed by atoms with Gasteiger partial charge in [-0.2, -0.15) is 0 Å². The summed E-state index contributed by atoms with van der Waals surface area (Å²) in [6.07, 6.45) is 8.30. The van der Waals surface area contributed by atoms with E-state index >= 15 is 0 Å². The lowest BCUT2D eigenvalue weighted by Gasteiger charge is -2.58. The average molecular weight is 1040 g/mol. The third kappa shape index (κ3) is 6.97. The number of hydrogen-bond donors (Lipinski definition) is 0. The molecule has 0 aromatic heterocycles. The zero-order valence-electron chi connectivity index (χ0n) is 51.0. The first-order valence-electron chi connectivity index (χ1n) is 30.4. The lowest BCUT2D eigenvalue weighted by atomic mass is 9.33. The molecule has 0 amide bonds. The molecule has 4 heteroatoms. The lowest BCUT2D eigenvalue weighted by molar-refractivity contribution is 0.0840. The normalized spacial score (nSPS) is 25.2. The Labute approximate surface area is 475 Å². The van der Waals surface area contributed by atoms with E-state index in [1.165, 1.54) is 138 Å². The fourth-order valence-corrected chi connectivity index (χ4v) is 17.3. The van der Waals surface area contributed by atoms with Crippen molar-refractivity contribution in [2.75, 3.05) is 14.7 Å². The van der Waals surface area contributed by atoms with Crippen LogP contribution in [-0.2, 0) is 37.9 Å². The minimum absolute atomic E-state index is 0.00692. The molecule has 4 unspecified atom stereocenters. The van der Waals surface area contributed by atoms with Crippen LogP contribution in [0.5, 0.6) is 0 Å². The van der Waals surface area contributed by atoms with Crippen molar-refractivity contribution in [1.29, 1.82) is 0 Å². The number of benzene rings is 7. The van der Waals surface area contributed by atoms with Crippen LogP contribution < -0.4 is 31.1 Å². The van der Waals surface area contributed by atoms with Crippen LogP contribution in [0.3, 0.4) is 0 Å². The Hall–Kier alpha value is -6.00. The second-order valence-corrected chi connectivity index (χ2v) is 31.0. The van der Waals surface area contributed by atoms with E-state index in [4.69, 9.17) is 0 Å². The summed E-state index contributed by atoms with van der Waals surface area (Å²) < 4.78 is 0. The van der Waals surface area contributed by atoms with Crippen molar-refractivity contribution in [2.45, 2.75) is 206 Å². The van der Waals surface area contributed by atoms with E-state index in [9.17, 15) is 0 Å². The Bertz CT molecular complexity index is 3770. The van der Waals surface area contributed by atoms with Gasteiger partial charge in [-0.25, -0.2) is 0 Å². The van der Waals surface area contributed by atoms with Gasteiger partial charge in [0.1, 0.15) is 0 Å². The Kier molecular flexibility index (Phi) is 10.5. The van der Waals surface area contributed by atoms with Crippen LogP contribution in [0.2, 0.25) is 0 Å². The second kappa shape index (κ2) is 16.1. The van der Waals surface area contributed by atoms with E-state index < -0.39 is 0 Å². The SMILES string of the molecule is Cc1cc2c3c(c1)N(c1ccc(C(C)(C)C)cc1-c1ccccc1)c1cc4c(cc1B3c1ccc3cc1N2c1cc2c(cc1C)C(C)(C)CCC2(C)C1CCC2(C)c5cc(C(C)(C)C)ccc5N3C2(C)C1)C(C)(C)CCC4(C)C. The summed E-state index contributed by atoms with van der Waals surface area (Å²) >= 11 is 0. The highest BCUT2D eigenvalue weighted by atomic mass is 15.3. The van der Waals surface area contributed by atoms with Crippen LogP contribution in [0.4, 0.5) is 45.5 Å². The summed E-state index contributed by atoms with van der Waals surface area (Å²) in [5.74, 6) is 0.527. The Morgan fingerprint density at radius 1 is 0.468 bits per heavy atom. The third-order valence-corrected chi connectivity index (χ3v) is 22.7. The van der Waals surface area contributed by atoms with E-state index in [2.05, 4.69) is 254 Å². The van der Waals surface area contributed by atoms with Gasteiger partial charge in [0.25, 0.3) is 6.71 Å². The maximum absolute atomic E-state index is 2.89. The van der Waals surface area contributed by atoms with Gasteiger partial charge >= 0.3 is 0 Å². The first kappa shape index (κ1) is 51.2. The topological polar surface area (TPSA) is 9.72 Å². The fourth-order valence-electron chi connectivity index (χ4n) is 17.3. The predicted molar refractivity (Wildman–Crippen MR) is 339 cm³/mol. The third-order valence-electron chi connectivity index (χ3n) is 22.7. The Balaban J connectivity index is 1.11. The quantitative estimate of drug-likeness (QED) is 0.160. The predicted octanol–water partition coefficient (Wildman–Crippen LogP) is 18.3. The number of aryl methyl sites for hydroxylation is 2. The van der Waals surface area contributed by atoms with Crippen LogP contribution in [0, 0.1) is 19.8 Å². The molecule has 7 aliphatic rings. The van der Waals surface area contributed by atoms with Crippen LogP contribution in [0.15, 0.2) is 121 Å². The maximum atomic E-state index is 2.89. The van der Waals surface area contributed by atoms with Crippen LogP contribution in [0.25, 0.3) is 11.1 Å². The summed E-state index contributed by atoms with van der Waals surface area (Å²) in [6.45, 7) is 42.2. The lowest BCUT2D eigenvalue weighted by Crippen LogP contribution is -2.62. The molecule has 4 aliphatic heterocycles. The molecule has 3 aliphatic carbocycles. The van der Waals surface area contributed by atoms with Gasteiger partial charge in [-0.15, -0.1) is 0 Å². The Morgan fingerprint density at radius 3 is 1.70 bits per heavy atom. The van der Waals surface area contributed by atoms with E-state index in [0.717, 1.165) is 12.8 Å². The summed E-state index contributed by atoms with van der Waals surface area (Å²) in [6, 6.07) is 50.0. The van der Waals surface area contributed by atoms with Gasteiger partial charge in [-0.3, -0.25) is 0 Å². The van der Waals surface area contributed by atoms with Crippen molar-refractivity contribution < 1.29 is 0 Å². The molecule has 0 N–H and O–H groups in total. The monoisotopic (exact) mass is 1040 g/mol. The zero-order chi connectivity index (χ0) is 55.7. The van der Waals surface area contributed by atoms with Crippen molar-refractivity contribution in [1.82, 2.24) is 0 Å². The molecule has 1 saturated carbocycles. The molecular formula is C75H86BN3. The molecule has 14 rings (SSSR count). The van der Waals surface area contributed by atoms with Gasteiger partial charge in [-0.1, -0.05) is 164 Å². The molecule has 7 aromatic carbocycles. The molecule has 0 saturated heterocycles. The standard InChI is InChI=1S/C75H86BN3/c1-45-35-65-67-66(36-45)78-62-43-56-53(37-46(62)2)72(13,14)33-34-73(56,15)50-29-30-74(16)57-39-49(69(6,7)8)24-28-61(57)79(75(74,17)44-50)51-25-26-58(63(78)40-51)76(67)59-41-54-55(71(11,12)32-31-70(54,9)10)42-64(59)77(65)60-27-23-48(68(3,4)5)38-52(60)47-21-19-18-20-22-47/h18-28,35-43,50H,29-34,44H2,1-17H3. The molecule has 7 aromatic rings. The number of nitrogens with zero attached hydrogens (tertiary/aromatic N) is 3. The van der Waals surface area contributed by atoms with Gasteiger partial charge in [0, 0.05) is 50.8 Å². The molecule has 4 atom stereocenters. The second-order valence-electron chi connectivity index (χ2n) is 31.0. The molecule has 3 nitrogen and oxygen atoms in total. The highest BCUT2D eigenvalue weighted by molar-refractivity contribution is 7.00. The molecule has 79 heavy (non-hydrogen) atoms. The molecule has 4 heterocycles. The number of hydrogen-bond acceptors (Lipinski definition) is 3. The summed E-state index contributed by atoms with van der Waals surface area (Å²) in [5.41, 5.74) is 30.4. The van der Waals surface area contributed by atoms with Crippen molar-refractivity contribution in [3.05, 3.63) is 171 Å². The van der Waals surface area contributed by atoms with E-state index in [1.54, 1.807) is 16.7 Å². The molecule has 6 bridgehead atoms. The number of fused-ring (bicyclic) bond motifs is 14. The number of rotatable bonds is 2. The van der Waals surface area contributed by atoms with Crippen LogP contribution >= 0.6 is 0 Å². The largest absolute Gasteiger partial charge is 0.334 e. The van der Waals surface area contributed by atoms with Crippen molar-refractivity contribution in [3.63, 3.8) is 0 Å². The summed E-state index contributed by atoms with van der Waals surface area (Å²) in [4.78, 5) is 8.41. The maximum Gasteiger partial charge on any atom is 0.252 e. The minimum Gasteiger partial charge on any atom is -0.334 e. The molecule has 404 valence electrons. The van der Waals surface area contributed by atoms with Gasteiger partial charge in [0.2, 0.25) is 0 Å². The van der Waals surface area contributed by atoms with Crippen molar-refractivity contribution in [2.24, 2.45) is 5.92 Å². The van der Waals surface area contributed by atoms with Gasteiger partial charge < -0.3 is 14.7 Å². The highest BCUT2D eigenvalue weighted by Gasteiger charge is 2.62. The summed E-state index contributed by atoms with van der Waals surface area (Å²) in [5, 5.41) is 0. The smallest absolute Gasteiger partial charge is 0.252 e.